The minimum Gasteiger partial charge on any atom is -0.491 e. The number of methoxy groups -OCH3 is 1. The first-order valence-electron chi connectivity index (χ1n) is 9.02. The zero-order valence-electron chi connectivity index (χ0n) is 15.6. The van der Waals surface area contributed by atoms with Gasteiger partial charge in [-0.15, -0.1) is 0 Å². The average Bonchev–Trinajstić information content (AvgIpc) is 3.55. The van der Waals surface area contributed by atoms with E-state index < -0.39 is 5.97 Å². The standard InChI is InChI=1S/C22H22O6/c1-25-21(23)12-6-17-4-10-19(11-5-17)28-22(24)13-7-16-2-8-18(9-3-16)26-14-20-15-27-20/h2-5,7-11,13,20H,6,12,14-15H2,1H3/b13-7+. The van der Waals surface area contributed by atoms with Gasteiger partial charge in [0.15, 0.2) is 0 Å². The lowest BCUT2D eigenvalue weighted by atomic mass is 10.1. The van der Waals surface area contributed by atoms with E-state index in [2.05, 4.69) is 4.74 Å². The molecule has 0 aromatic heterocycles. The molecule has 28 heavy (non-hydrogen) atoms. The Morgan fingerprint density at radius 2 is 1.75 bits per heavy atom. The number of carbonyl (C=O) groups is 2. The van der Waals surface area contributed by atoms with Gasteiger partial charge in [-0.1, -0.05) is 24.3 Å². The number of hydrogen-bond donors (Lipinski definition) is 0. The molecule has 0 aliphatic carbocycles. The predicted octanol–water partition coefficient (Wildman–Crippen LogP) is 3.19. The SMILES string of the molecule is COC(=O)CCc1ccc(OC(=O)/C=C/c2ccc(OCC3CO3)cc2)cc1. The first kappa shape index (κ1) is 19.6. The summed E-state index contributed by atoms with van der Waals surface area (Å²) in [6.07, 6.45) is 4.17. The van der Waals surface area contributed by atoms with E-state index >= 15 is 0 Å². The van der Waals surface area contributed by atoms with E-state index in [1.165, 1.54) is 13.2 Å². The van der Waals surface area contributed by atoms with Gasteiger partial charge in [0, 0.05) is 12.5 Å². The second kappa shape index (κ2) is 9.71. The molecule has 1 saturated heterocycles. The number of esters is 2. The zero-order chi connectivity index (χ0) is 19.8. The number of epoxide rings is 1. The number of ether oxygens (including phenoxy) is 4. The molecule has 146 valence electrons. The maximum atomic E-state index is 12.0. The topological polar surface area (TPSA) is 74.4 Å². The summed E-state index contributed by atoms with van der Waals surface area (Å²) >= 11 is 0. The van der Waals surface area contributed by atoms with Crippen LogP contribution < -0.4 is 9.47 Å². The molecule has 1 fully saturated rings. The second-order valence-electron chi connectivity index (χ2n) is 6.31. The van der Waals surface area contributed by atoms with Crippen molar-refractivity contribution >= 4 is 18.0 Å². The highest BCUT2D eigenvalue weighted by atomic mass is 16.6. The zero-order valence-corrected chi connectivity index (χ0v) is 15.6. The number of hydrogen-bond acceptors (Lipinski definition) is 6. The molecule has 1 unspecified atom stereocenters. The summed E-state index contributed by atoms with van der Waals surface area (Å²) in [5.74, 6) is 0.496. The summed E-state index contributed by atoms with van der Waals surface area (Å²) in [7, 11) is 1.37. The maximum absolute atomic E-state index is 12.0. The van der Waals surface area contributed by atoms with Crippen LogP contribution in [0.1, 0.15) is 17.5 Å². The number of aryl methyl sites for hydroxylation is 1. The van der Waals surface area contributed by atoms with E-state index in [4.69, 9.17) is 14.2 Å². The molecule has 6 heteroatoms. The Morgan fingerprint density at radius 1 is 1.07 bits per heavy atom. The lowest BCUT2D eigenvalue weighted by Gasteiger charge is -2.04. The number of rotatable bonds is 9. The van der Waals surface area contributed by atoms with Crippen LogP contribution in [0, 0.1) is 0 Å². The van der Waals surface area contributed by atoms with Gasteiger partial charge < -0.3 is 18.9 Å². The molecule has 0 bridgehead atoms. The number of carbonyl (C=O) groups excluding carboxylic acids is 2. The molecule has 1 atom stereocenters. The monoisotopic (exact) mass is 382 g/mol. The first-order valence-corrected chi connectivity index (χ1v) is 9.02. The fourth-order valence-electron chi connectivity index (χ4n) is 2.42. The summed E-state index contributed by atoms with van der Waals surface area (Å²) < 4.78 is 20.6. The molecule has 2 aromatic rings. The van der Waals surface area contributed by atoms with Crippen molar-refractivity contribution in [1.29, 1.82) is 0 Å². The van der Waals surface area contributed by atoms with Crippen LogP contribution >= 0.6 is 0 Å². The highest BCUT2D eigenvalue weighted by molar-refractivity contribution is 5.88. The molecule has 0 radical (unpaired) electrons. The summed E-state index contributed by atoms with van der Waals surface area (Å²) in [4.78, 5) is 23.1. The van der Waals surface area contributed by atoms with Crippen LogP contribution in [-0.4, -0.2) is 38.4 Å². The van der Waals surface area contributed by atoms with Gasteiger partial charge >= 0.3 is 11.9 Å². The Labute approximate surface area is 163 Å². The smallest absolute Gasteiger partial charge is 0.336 e. The highest BCUT2D eigenvalue weighted by Gasteiger charge is 2.22. The molecule has 1 heterocycles. The van der Waals surface area contributed by atoms with E-state index in [0.717, 1.165) is 23.5 Å². The van der Waals surface area contributed by atoms with E-state index in [-0.39, 0.29) is 12.1 Å². The fourth-order valence-corrected chi connectivity index (χ4v) is 2.42. The molecule has 6 nitrogen and oxygen atoms in total. The normalized spacial score (nSPS) is 15.2. The Morgan fingerprint density at radius 3 is 2.39 bits per heavy atom. The van der Waals surface area contributed by atoms with Crippen molar-refractivity contribution in [3.63, 3.8) is 0 Å². The molecule has 0 amide bonds. The molecule has 0 spiro atoms. The third-order valence-corrected chi connectivity index (χ3v) is 4.12. The van der Waals surface area contributed by atoms with Crippen LogP contribution in [0.25, 0.3) is 6.08 Å². The van der Waals surface area contributed by atoms with Crippen LogP contribution in [-0.2, 0) is 25.5 Å². The van der Waals surface area contributed by atoms with E-state index in [9.17, 15) is 9.59 Å². The first-order chi connectivity index (χ1) is 13.6. The summed E-state index contributed by atoms with van der Waals surface area (Å²) in [5.41, 5.74) is 1.83. The van der Waals surface area contributed by atoms with Crippen LogP contribution in [0.3, 0.4) is 0 Å². The minimum atomic E-state index is -0.464. The van der Waals surface area contributed by atoms with E-state index in [0.29, 0.717) is 25.2 Å². The number of benzene rings is 2. The Balaban J connectivity index is 1.45. The van der Waals surface area contributed by atoms with Gasteiger partial charge in [-0.05, 0) is 47.9 Å². The minimum absolute atomic E-state index is 0.219. The molecular formula is C22H22O6. The van der Waals surface area contributed by atoms with Crippen molar-refractivity contribution in [1.82, 2.24) is 0 Å². The van der Waals surface area contributed by atoms with E-state index in [1.807, 2.05) is 36.4 Å². The van der Waals surface area contributed by atoms with Gasteiger partial charge in [-0.25, -0.2) is 4.79 Å². The molecule has 1 aliphatic heterocycles. The Bertz CT molecular complexity index is 819. The molecule has 0 N–H and O–H groups in total. The third-order valence-electron chi connectivity index (χ3n) is 4.12. The van der Waals surface area contributed by atoms with Crippen molar-refractivity contribution < 1.29 is 28.5 Å². The molecule has 0 saturated carbocycles. The molecular weight excluding hydrogens is 360 g/mol. The van der Waals surface area contributed by atoms with Gasteiger partial charge in [-0.2, -0.15) is 0 Å². The largest absolute Gasteiger partial charge is 0.491 e. The Kier molecular flexibility index (Phi) is 6.81. The lowest BCUT2D eigenvalue weighted by molar-refractivity contribution is -0.140. The summed E-state index contributed by atoms with van der Waals surface area (Å²) in [6.45, 7) is 1.32. The van der Waals surface area contributed by atoms with Crippen molar-refractivity contribution in [3.05, 3.63) is 65.7 Å². The van der Waals surface area contributed by atoms with Crippen LogP contribution in [0.4, 0.5) is 0 Å². The summed E-state index contributed by atoms with van der Waals surface area (Å²) in [5, 5.41) is 0. The third kappa shape index (κ3) is 6.55. The van der Waals surface area contributed by atoms with Crippen molar-refractivity contribution in [2.24, 2.45) is 0 Å². The fraction of sp³-hybridized carbons (Fsp3) is 0.273. The van der Waals surface area contributed by atoms with Crippen molar-refractivity contribution in [2.75, 3.05) is 20.3 Å². The van der Waals surface area contributed by atoms with Crippen molar-refractivity contribution in [2.45, 2.75) is 18.9 Å². The van der Waals surface area contributed by atoms with Gasteiger partial charge in [0.05, 0.1) is 13.7 Å². The van der Waals surface area contributed by atoms with Gasteiger partial charge in [0.25, 0.3) is 0 Å². The maximum Gasteiger partial charge on any atom is 0.336 e. The predicted molar refractivity (Wildman–Crippen MR) is 103 cm³/mol. The second-order valence-corrected chi connectivity index (χ2v) is 6.31. The van der Waals surface area contributed by atoms with Crippen LogP contribution in [0.2, 0.25) is 0 Å². The van der Waals surface area contributed by atoms with Crippen LogP contribution in [0.5, 0.6) is 11.5 Å². The average molecular weight is 382 g/mol. The van der Waals surface area contributed by atoms with Gasteiger partial charge in [0.1, 0.15) is 24.2 Å². The molecule has 1 aliphatic rings. The molecule has 3 rings (SSSR count). The lowest BCUT2D eigenvalue weighted by Crippen LogP contribution is -2.04. The summed E-state index contributed by atoms with van der Waals surface area (Å²) in [6, 6.07) is 14.5. The van der Waals surface area contributed by atoms with E-state index in [1.54, 1.807) is 18.2 Å². The van der Waals surface area contributed by atoms with Crippen molar-refractivity contribution in [3.8, 4) is 11.5 Å². The van der Waals surface area contributed by atoms with Gasteiger partial charge in [0.2, 0.25) is 0 Å². The quantitative estimate of drug-likeness (QED) is 0.287. The Hall–Kier alpha value is -3.12. The van der Waals surface area contributed by atoms with Gasteiger partial charge in [-0.3, -0.25) is 4.79 Å². The molecule has 2 aromatic carbocycles. The highest BCUT2D eigenvalue weighted by Crippen LogP contribution is 2.17. The van der Waals surface area contributed by atoms with Crippen LogP contribution in [0.15, 0.2) is 54.6 Å².